The molecule has 0 unspecified atom stereocenters. The standard InChI is InChI=1S/C17H12BrNO/c1-11-7-13(9-14(18)8-11)17(20)16-4-2-3-12-10-19-6-5-15(12)16/h2-10H,1H3. The second-order valence-electron chi connectivity index (χ2n) is 4.75. The molecule has 98 valence electrons. The average molecular weight is 326 g/mol. The van der Waals surface area contributed by atoms with Crippen molar-refractivity contribution in [2.75, 3.05) is 0 Å². The van der Waals surface area contributed by atoms with E-state index in [4.69, 9.17) is 0 Å². The molecule has 1 heterocycles. The Morgan fingerprint density at radius 2 is 2.00 bits per heavy atom. The molecule has 0 amide bonds. The largest absolute Gasteiger partial charge is 0.289 e. The molecular formula is C17H12BrNO. The Hall–Kier alpha value is -2.00. The summed E-state index contributed by atoms with van der Waals surface area (Å²) < 4.78 is 0.919. The number of halogens is 1. The summed E-state index contributed by atoms with van der Waals surface area (Å²) >= 11 is 3.44. The number of hydrogen-bond donors (Lipinski definition) is 0. The molecule has 0 fully saturated rings. The molecule has 2 aromatic carbocycles. The van der Waals surface area contributed by atoms with Crippen LogP contribution < -0.4 is 0 Å². The van der Waals surface area contributed by atoms with E-state index in [-0.39, 0.29) is 5.78 Å². The van der Waals surface area contributed by atoms with Crippen molar-refractivity contribution < 1.29 is 4.79 Å². The highest BCUT2D eigenvalue weighted by molar-refractivity contribution is 9.10. The lowest BCUT2D eigenvalue weighted by Gasteiger charge is -2.07. The first-order valence-corrected chi connectivity index (χ1v) is 7.09. The van der Waals surface area contributed by atoms with Crippen LogP contribution in [0.5, 0.6) is 0 Å². The van der Waals surface area contributed by atoms with Gasteiger partial charge in [-0.15, -0.1) is 0 Å². The molecule has 0 saturated carbocycles. The van der Waals surface area contributed by atoms with E-state index in [0.29, 0.717) is 11.1 Å². The summed E-state index contributed by atoms with van der Waals surface area (Å²) in [5.74, 6) is 0.0335. The van der Waals surface area contributed by atoms with Gasteiger partial charge in [0.2, 0.25) is 0 Å². The lowest BCUT2D eigenvalue weighted by molar-refractivity contribution is 0.104. The van der Waals surface area contributed by atoms with E-state index in [0.717, 1.165) is 20.8 Å². The molecule has 0 aliphatic rings. The van der Waals surface area contributed by atoms with Crippen LogP contribution >= 0.6 is 15.9 Å². The van der Waals surface area contributed by atoms with Gasteiger partial charge >= 0.3 is 0 Å². The summed E-state index contributed by atoms with van der Waals surface area (Å²) in [5, 5.41) is 1.91. The SMILES string of the molecule is Cc1cc(Br)cc(C(=O)c2cccc3cnccc23)c1. The van der Waals surface area contributed by atoms with Crippen molar-refractivity contribution in [3.63, 3.8) is 0 Å². The van der Waals surface area contributed by atoms with Gasteiger partial charge in [-0.3, -0.25) is 9.78 Å². The van der Waals surface area contributed by atoms with E-state index in [9.17, 15) is 4.79 Å². The molecule has 0 aliphatic carbocycles. The van der Waals surface area contributed by atoms with Crippen molar-refractivity contribution in [2.45, 2.75) is 6.92 Å². The van der Waals surface area contributed by atoms with Gasteiger partial charge in [0, 0.05) is 33.4 Å². The maximum atomic E-state index is 12.7. The van der Waals surface area contributed by atoms with E-state index < -0.39 is 0 Å². The van der Waals surface area contributed by atoms with Crippen LogP contribution in [0, 0.1) is 6.92 Å². The topological polar surface area (TPSA) is 30.0 Å². The molecule has 0 saturated heterocycles. The van der Waals surface area contributed by atoms with Crippen LogP contribution in [0.25, 0.3) is 10.8 Å². The first-order chi connectivity index (χ1) is 9.65. The van der Waals surface area contributed by atoms with Crippen molar-refractivity contribution in [3.8, 4) is 0 Å². The minimum Gasteiger partial charge on any atom is -0.289 e. The number of carbonyl (C=O) groups excluding carboxylic acids is 1. The van der Waals surface area contributed by atoms with Gasteiger partial charge in [0.1, 0.15) is 0 Å². The Morgan fingerprint density at radius 3 is 2.80 bits per heavy atom. The first kappa shape index (κ1) is 13.0. The maximum absolute atomic E-state index is 12.7. The van der Waals surface area contributed by atoms with Crippen LogP contribution in [0.1, 0.15) is 21.5 Å². The summed E-state index contributed by atoms with van der Waals surface area (Å²) in [7, 11) is 0. The minimum atomic E-state index is 0.0335. The number of benzene rings is 2. The summed E-state index contributed by atoms with van der Waals surface area (Å²) in [5.41, 5.74) is 2.47. The predicted molar refractivity (Wildman–Crippen MR) is 84.1 cm³/mol. The van der Waals surface area contributed by atoms with Crippen LogP contribution in [-0.2, 0) is 0 Å². The molecule has 3 heteroatoms. The fourth-order valence-electron chi connectivity index (χ4n) is 2.34. The Bertz CT molecular complexity index is 785. The van der Waals surface area contributed by atoms with Gasteiger partial charge in [-0.1, -0.05) is 34.1 Å². The minimum absolute atomic E-state index is 0.0335. The zero-order chi connectivity index (χ0) is 14.1. The second-order valence-corrected chi connectivity index (χ2v) is 5.66. The predicted octanol–water partition coefficient (Wildman–Crippen LogP) is 4.54. The summed E-state index contributed by atoms with van der Waals surface area (Å²) in [6.45, 7) is 1.98. The highest BCUT2D eigenvalue weighted by Crippen LogP contribution is 2.23. The Labute approximate surface area is 125 Å². The van der Waals surface area contributed by atoms with Crippen LogP contribution in [-0.4, -0.2) is 10.8 Å². The maximum Gasteiger partial charge on any atom is 0.193 e. The van der Waals surface area contributed by atoms with E-state index in [1.165, 1.54) is 0 Å². The molecule has 0 radical (unpaired) electrons. The van der Waals surface area contributed by atoms with Crippen molar-refractivity contribution in [1.29, 1.82) is 0 Å². The number of pyridine rings is 1. The number of rotatable bonds is 2. The molecule has 0 aliphatic heterocycles. The van der Waals surface area contributed by atoms with Gasteiger partial charge in [-0.25, -0.2) is 0 Å². The van der Waals surface area contributed by atoms with Gasteiger partial charge in [0.25, 0.3) is 0 Å². The van der Waals surface area contributed by atoms with Crippen molar-refractivity contribution in [2.24, 2.45) is 0 Å². The molecule has 3 rings (SSSR count). The summed E-state index contributed by atoms with van der Waals surface area (Å²) in [6.07, 6.45) is 3.49. The number of ketones is 1. The number of fused-ring (bicyclic) bond motifs is 1. The summed E-state index contributed by atoms with van der Waals surface area (Å²) in [6, 6.07) is 13.4. The number of hydrogen-bond acceptors (Lipinski definition) is 2. The van der Waals surface area contributed by atoms with Crippen molar-refractivity contribution in [3.05, 3.63) is 76.0 Å². The number of aromatic nitrogens is 1. The second kappa shape index (κ2) is 5.17. The molecule has 1 aromatic heterocycles. The van der Waals surface area contributed by atoms with E-state index in [1.807, 2.05) is 49.4 Å². The van der Waals surface area contributed by atoms with Crippen molar-refractivity contribution in [1.82, 2.24) is 4.98 Å². The van der Waals surface area contributed by atoms with Gasteiger partial charge in [0.05, 0.1) is 0 Å². The van der Waals surface area contributed by atoms with Crippen molar-refractivity contribution >= 4 is 32.5 Å². The Kier molecular flexibility index (Phi) is 3.36. The average Bonchev–Trinajstić information content (AvgIpc) is 2.45. The highest BCUT2D eigenvalue weighted by Gasteiger charge is 2.13. The summed E-state index contributed by atoms with van der Waals surface area (Å²) in [4.78, 5) is 16.8. The fraction of sp³-hybridized carbons (Fsp3) is 0.0588. The number of nitrogens with zero attached hydrogens (tertiary/aromatic N) is 1. The number of aryl methyl sites for hydroxylation is 1. The van der Waals surface area contributed by atoms with Crippen LogP contribution in [0.4, 0.5) is 0 Å². The van der Waals surface area contributed by atoms with Gasteiger partial charge in [0.15, 0.2) is 5.78 Å². The Morgan fingerprint density at radius 1 is 1.15 bits per heavy atom. The molecule has 0 spiro atoms. The third-order valence-electron chi connectivity index (χ3n) is 3.23. The van der Waals surface area contributed by atoms with Crippen LogP contribution in [0.3, 0.4) is 0 Å². The smallest absolute Gasteiger partial charge is 0.193 e. The zero-order valence-corrected chi connectivity index (χ0v) is 12.5. The first-order valence-electron chi connectivity index (χ1n) is 6.30. The molecule has 2 nitrogen and oxygen atoms in total. The molecular weight excluding hydrogens is 314 g/mol. The molecule has 0 N–H and O–H groups in total. The molecule has 20 heavy (non-hydrogen) atoms. The fourth-order valence-corrected chi connectivity index (χ4v) is 2.95. The van der Waals surface area contributed by atoms with E-state index in [2.05, 4.69) is 20.9 Å². The quantitative estimate of drug-likeness (QED) is 0.647. The molecule has 0 bridgehead atoms. The van der Waals surface area contributed by atoms with E-state index in [1.54, 1.807) is 12.4 Å². The number of carbonyl (C=O) groups is 1. The lowest BCUT2D eigenvalue weighted by Crippen LogP contribution is -2.02. The monoisotopic (exact) mass is 325 g/mol. The van der Waals surface area contributed by atoms with Crippen LogP contribution in [0.15, 0.2) is 59.3 Å². The lowest BCUT2D eigenvalue weighted by atomic mass is 9.97. The Balaban J connectivity index is 2.17. The normalized spacial score (nSPS) is 10.7. The zero-order valence-electron chi connectivity index (χ0n) is 10.9. The third kappa shape index (κ3) is 2.37. The van der Waals surface area contributed by atoms with Gasteiger partial charge < -0.3 is 0 Å². The van der Waals surface area contributed by atoms with Gasteiger partial charge in [-0.2, -0.15) is 0 Å². The molecule has 0 atom stereocenters. The highest BCUT2D eigenvalue weighted by atomic mass is 79.9. The van der Waals surface area contributed by atoms with Gasteiger partial charge in [-0.05, 0) is 42.1 Å². The van der Waals surface area contributed by atoms with E-state index >= 15 is 0 Å². The van der Waals surface area contributed by atoms with Crippen LogP contribution in [0.2, 0.25) is 0 Å². The molecule has 3 aromatic rings. The third-order valence-corrected chi connectivity index (χ3v) is 3.69.